The van der Waals surface area contributed by atoms with Gasteiger partial charge in [0.1, 0.15) is 11.6 Å². The molecule has 2 aromatic rings. The fourth-order valence-corrected chi connectivity index (χ4v) is 2.07. The van der Waals surface area contributed by atoms with Crippen molar-refractivity contribution in [1.29, 1.82) is 0 Å². The first-order valence-electron chi connectivity index (χ1n) is 6.51. The molecule has 0 saturated carbocycles. The highest BCUT2D eigenvalue weighted by molar-refractivity contribution is 5.48. The summed E-state index contributed by atoms with van der Waals surface area (Å²) < 4.78 is 45.4. The van der Waals surface area contributed by atoms with Crippen molar-refractivity contribution in [2.24, 2.45) is 5.73 Å². The zero-order valence-electron chi connectivity index (χ0n) is 11.5. The highest BCUT2D eigenvalue weighted by Crippen LogP contribution is 2.36. The first-order valence-corrected chi connectivity index (χ1v) is 6.51. The summed E-state index contributed by atoms with van der Waals surface area (Å²) in [5.74, 6) is 1.46. The van der Waals surface area contributed by atoms with Gasteiger partial charge in [0.05, 0.1) is 0 Å². The van der Waals surface area contributed by atoms with E-state index in [4.69, 9.17) is 24.7 Å². The van der Waals surface area contributed by atoms with E-state index in [-0.39, 0.29) is 31.8 Å². The summed E-state index contributed by atoms with van der Waals surface area (Å²) >= 11 is 0. The number of nitrogens with two attached hydrogens (primary N) is 1. The number of hydrogen-bond donors (Lipinski definition) is 1. The Morgan fingerprint density at radius 1 is 0.864 bits per heavy atom. The molecule has 2 heterocycles. The van der Waals surface area contributed by atoms with Crippen LogP contribution in [0.1, 0.15) is 5.56 Å². The lowest BCUT2D eigenvalue weighted by molar-refractivity contribution is 0.173. The average molecular weight is 309 g/mol. The Bertz CT molecular complexity index is 693. The predicted octanol–water partition coefficient (Wildman–Crippen LogP) is 2.57. The van der Waals surface area contributed by atoms with E-state index in [0.29, 0.717) is 28.6 Å². The standard InChI is InChI=1S/C8H8FNO2.C7H5FO2/c9-6-1-2-7-8(5(6)3-10)12-4-11-7;8-5-1-2-6-7(3-5)10-4-9-6/h1-2H,3-4,10H2;1-3H,4H2. The summed E-state index contributed by atoms with van der Waals surface area (Å²) in [5.41, 5.74) is 5.73. The van der Waals surface area contributed by atoms with Gasteiger partial charge in [0.2, 0.25) is 13.6 Å². The molecule has 2 N–H and O–H groups in total. The van der Waals surface area contributed by atoms with Gasteiger partial charge in [0.15, 0.2) is 23.0 Å². The molecule has 0 unspecified atom stereocenters. The van der Waals surface area contributed by atoms with Crippen LogP contribution in [0.3, 0.4) is 0 Å². The zero-order valence-corrected chi connectivity index (χ0v) is 11.5. The van der Waals surface area contributed by atoms with E-state index < -0.39 is 0 Å². The number of fused-ring (bicyclic) bond motifs is 2. The van der Waals surface area contributed by atoms with Gasteiger partial charge in [-0.15, -0.1) is 0 Å². The summed E-state index contributed by atoms with van der Waals surface area (Å²) in [6.07, 6.45) is 0. The third-order valence-corrected chi connectivity index (χ3v) is 3.12. The van der Waals surface area contributed by atoms with Crippen molar-refractivity contribution in [3.8, 4) is 23.0 Å². The summed E-state index contributed by atoms with van der Waals surface area (Å²) in [6, 6.07) is 7.07. The third kappa shape index (κ3) is 2.75. The van der Waals surface area contributed by atoms with Crippen molar-refractivity contribution in [2.75, 3.05) is 13.6 Å². The molecule has 0 fully saturated rings. The van der Waals surface area contributed by atoms with Crippen molar-refractivity contribution in [1.82, 2.24) is 0 Å². The molecular weight excluding hydrogens is 296 g/mol. The molecule has 5 nitrogen and oxygen atoms in total. The topological polar surface area (TPSA) is 62.9 Å². The van der Waals surface area contributed by atoms with E-state index in [1.54, 1.807) is 6.07 Å². The molecule has 7 heteroatoms. The molecule has 0 aliphatic carbocycles. The Balaban J connectivity index is 0.000000133. The van der Waals surface area contributed by atoms with Crippen LogP contribution in [0, 0.1) is 11.6 Å². The lowest BCUT2D eigenvalue weighted by Gasteiger charge is -2.03. The minimum atomic E-state index is -0.346. The van der Waals surface area contributed by atoms with E-state index in [9.17, 15) is 8.78 Å². The van der Waals surface area contributed by atoms with E-state index in [2.05, 4.69) is 0 Å². The van der Waals surface area contributed by atoms with Gasteiger partial charge in [-0.3, -0.25) is 0 Å². The molecule has 0 atom stereocenters. The smallest absolute Gasteiger partial charge is 0.231 e. The van der Waals surface area contributed by atoms with Crippen LogP contribution in [-0.4, -0.2) is 13.6 Å². The van der Waals surface area contributed by atoms with Crippen molar-refractivity contribution < 1.29 is 27.7 Å². The molecule has 0 saturated heterocycles. The van der Waals surface area contributed by atoms with Gasteiger partial charge in [0, 0.05) is 18.2 Å². The minimum Gasteiger partial charge on any atom is -0.454 e. The maximum Gasteiger partial charge on any atom is 0.231 e. The van der Waals surface area contributed by atoms with E-state index in [0.717, 1.165) is 0 Å². The van der Waals surface area contributed by atoms with Crippen LogP contribution < -0.4 is 24.7 Å². The van der Waals surface area contributed by atoms with E-state index in [1.807, 2.05) is 0 Å². The Morgan fingerprint density at radius 3 is 2.36 bits per heavy atom. The van der Waals surface area contributed by atoms with Crippen LogP contribution in [-0.2, 0) is 6.54 Å². The van der Waals surface area contributed by atoms with Crippen LogP contribution in [0.5, 0.6) is 23.0 Å². The zero-order chi connectivity index (χ0) is 15.5. The molecule has 0 radical (unpaired) electrons. The minimum absolute atomic E-state index is 0.123. The SMILES string of the molecule is Fc1ccc2c(c1)OCO2.NCc1c(F)ccc2c1OCO2. The molecule has 0 bridgehead atoms. The van der Waals surface area contributed by atoms with Crippen molar-refractivity contribution in [3.05, 3.63) is 47.5 Å². The average Bonchev–Trinajstić information content (AvgIpc) is 3.15. The Hall–Kier alpha value is -2.54. The molecule has 0 amide bonds. The van der Waals surface area contributed by atoms with Crippen LogP contribution in [0.2, 0.25) is 0 Å². The molecule has 116 valence electrons. The quantitative estimate of drug-likeness (QED) is 0.877. The largest absolute Gasteiger partial charge is 0.454 e. The van der Waals surface area contributed by atoms with E-state index in [1.165, 1.54) is 24.3 Å². The second kappa shape index (κ2) is 6.07. The first kappa shape index (κ1) is 14.4. The molecule has 4 rings (SSSR count). The summed E-state index contributed by atoms with van der Waals surface area (Å²) in [4.78, 5) is 0. The maximum atomic E-state index is 13.0. The predicted molar refractivity (Wildman–Crippen MR) is 72.9 cm³/mol. The number of benzene rings is 2. The lowest BCUT2D eigenvalue weighted by Crippen LogP contribution is -2.01. The summed E-state index contributed by atoms with van der Waals surface area (Å²) in [5, 5.41) is 0. The Labute approximate surface area is 125 Å². The molecule has 0 aromatic heterocycles. The van der Waals surface area contributed by atoms with Crippen molar-refractivity contribution in [2.45, 2.75) is 6.54 Å². The Morgan fingerprint density at radius 2 is 1.55 bits per heavy atom. The number of halogens is 2. The van der Waals surface area contributed by atoms with Gasteiger partial charge >= 0.3 is 0 Å². The molecule has 0 spiro atoms. The van der Waals surface area contributed by atoms with Crippen LogP contribution >= 0.6 is 0 Å². The number of ether oxygens (including phenoxy) is 4. The molecule has 22 heavy (non-hydrogen) atoms. The monoisotopic (exact) mass is 309 g/mol. The van der Waals surface area contributed by atoms with Crippen molar-refractivity contribution in [3.63, 3.8) is 0 Å². The normalized spacial score (nSPS) is 13.6. The van der Waals surface area contributed by atoms with Gasteiger partial charge in [-0.05, 0) is 24.3 Å². The molecule has 2 aromatic carbocycles. The fraction of sp³-hybridized carbons (Fsp3) is 0.200. The van der Waals surface area contributed by atoms with Gasteiger partial charge in [-0.25, -0.2) is 8.78 Å². The van der Waals surface area contributed by atoms with Crippen molar-refractivity contribution >= 4 is 0 Å². The number of hydrogen-bond acceptors (Lipinski definition) is 5. The summed E-state index contributed by atoms with van der Waals surface area (Å²) in [7, 11) is 0. The second-order valence-corrected chi connectivity index (χ2v) is 4.46. The van der Waals surface area contributed by atoms with Crippen LogP contribution in [0.25, 0.3) is 0 Å². The molecular formula is C15H13F2NO4. The maximum absolute atomic E-state index is 13.0. The van der Waals surface area contributed by atoms with Crippen LogP contribution in [0.15, 0.2) is 30.3 Å². The third-order valence-electron chi connectivity index (χ3n) is 3.12. The Kier molecular flexibility index (Phi) is 3.97. The fourth-order valence-electron chi connectivity index (χ4n) is 2.07. The van der Waals surface area contributed by atoms with Gasteiger partial charge in [-0.2, -0.15) is 0 Å². The summed E-state index contributed by atoms with van der Waals surface area (Å²) in [6.45, 7) is 0.461. The van der Waals surface area contributed by atoms with Gasteiger partial charge < -0.3 is 24.7 Å². The van der Waals surface area contributed by atoms with E-state index >= 15 is 0 Å². The van der Waals surface area contributed by atoms with Gasteiger partial charge in [0.25, 0.3) is 0 Å². The highest BCUT2D eigenvalue weighted by atomic mass is 19.1. The molecule has 2 aliphatic rings. The molecule has 2 aliphatic heterocycles. The second-order valence-electron chi connectivity index (χ2n) is 4.46. The number of rotatable bonds is 1. The van der Waals surface area contributed by atoms with Gasteiger partial charge in [-0.1, -0.05) is 0 Å². The highest BCUT2D eigenvalue weighted by Gasteiger charge is 2.19. The first-order chi connectivity index (χ1) is 10.7. The lowest BCUT2D eigenvalue weighted by atomic mass is 10.2. The van der Waals surface area contributed by atoms with Crippen LogP contribution in [0.4, 0.5) is 8.78 Å².